The molecule has 1 aliphatic rings. The van der Waals surface area contributed by atoms with Gasteiger partial charge in [-0.3, -0.25) is 0 Å². The first-order valence-electron chi connectivity index (χ1n) is 7.41. The molecule has 0 aliphatic carbocycles. The summed E-state index contributed by atoms with van der Waals surface area (Å²) in [6.45, 7) is 0. The topological polar surface area (TPSA) is 57.2 Å². The van der Waals surface area contributed by atoms with Crippen LogP contribution in [0, 0.1) is 0 Å². The normalized spacial score (nSPS) is 19.5. The first kappa shape index (κ1) is 15.5. The second kappa shape index (κ2) is 6.38. The van der Waals surface area contributed by atoms with Gasteiger partial charge in [0.05, 0.1) is 33.0 Å². The van der Waals surface area contributed by atoms with Gasteiger partial charge < -0.3 is 24.1 Å². The summed E-state index contributed by atoms with van der Waals surface area (Å²) in [6, 6.07) is 11.2. The van der Waals surface area contributed by atoms with Gasteiger partial charge in [0.15, 0.2) is 0 Å². The zero-order valence-corrected chi connectivity index (χ0v) is 13.4. The lowest BCUT2D eigenvalue weighted by atomic mass is 9.94. The maximum absolute atomic E-state index is 10.5. The fourth-order valence-electron chi connectivity index (χ4n) is 2.83. The molecule has 2 aromatic rings. The van der Waals surface area contributed by atoms with Gasteiger partial charge in [0.2, 0.25) is 0 Å². The average molecular weight is 316 g/mol. The van der Waals surface area contributed by atoms with Crippen LogP contribution in [0.1, 0.15) is 29.8 Å². The molecule has 0 saturated carbocycles. The second-order valence-electron chi connectivity index (χ2n) is 5.37. The summed E-state index contributed by atoms with van der Waals surface area (Å²) >= 11 is 0. The number of fused-ring (bicyclic) bond motifs is 1. The molecule has 5 nitrogen and oxygen atoms in total. The van der Waals surface area contributed by atoms with E-state index in [1.807, 2.05) is 24.3 Å². The van der Waals surface area contributed by atoms with E-state index in [9.17, 15) is 5.11 Å². The van der Waals surface area contributed by atoms with Crippen LogP contribution >= 0.6 is 0 Å². The Balaban J connectivity index is 1.95. The van der Waals surface area contributed by atoms with Gasteiger partial charge in [-0.1, -0.05) is 12.1 Å². The molecule has 0 saturated heterocycles. The third-order valence-corrected chi connectivity index (χ3v) is 4.06. The third-order valence-electron chi connectivity index (χ3n) is 4.06. The number of ether oxygens (including phenoxy) is 4. The van der Waals surface area contributed by atoms with Crippen LogP contribution in [0.25, 0.3) is 0 Å². The van der Waals surface area contributed by atoms with Gasteiger partial charge in [0.1, 0.15) is 29.1 Å². The van der Waals surface area contributed by atoms with Crippen LogP contribution in [0.5, 0.6) is 23.0 Å². The van der Waals surface area contributed by atoms with Gasteiger partial charge in [0, 0.05) is 18.6 Å². The molecule has 1 aliphatic heterocycles. The summed E-state index contributed by atoms with van der Waals surface area (Å²) in [6.07, 6.45) is -0.436. The summed E-state index contributed by atoms with van der Waals surface area (Å²) in [5.74, 6) is 2.57. The Morgan fingerprint density at radius 3 is 2.26 bits per heavy atom. The predicted molar refractivity (Wildman–Crippen MR) is 85.5 cm³/mol. The van der Waals surface area contributed by atoms with Crippen molar-refractivity contribution in [1.29, 1.82) is 0 Å². The second-order valence-corrected chi connectivity index (χ2v) is 5.37. The van der Waals surface area contributed by atoms with Crippen molar-refractivity contribution in [2.24, 2.45) is 0 Å². The van der Waals surface area contributed by atoms with E-state index in [1.54, 1.807) is 33.5 Å². The molecule has 2 atom stereocenters. The summed E-state index contributed by atoms with van der Waals surface area (Å²) in [4.78, 5) is 0. The van der Waals surface area contributed by atoms with Crippen molar-refractivity contribution in [3.8, 4) is 23.0 Å². The minimum atomic E-state index is -0.660. The van der Waals surface area contributed by atoms with Crippen LogP contribution in [-0.4, -0.2) is 26.4 Å². The van der Waals surface area contributed by atoms with E-state index in [4.69, 9.17) is 18.9 Å². The molecule has 1 heterocycles. The van der Waals surface area contributed by atoms with Crippen molar-refractivity contribution < 1.29 is 24.1 Å². The van der Waals surface area contributed by atoms with E-state index in [-0.39, 0.29) is 6.10 Å². The third kappa shape index (κ3) is 2.92. The Hall–Kier alpha value is -2.40. The van der Waals surface area contributed by atoms with Crippen LogP contribution < -0.4 is 18.9 Å². The maximum Gasteiger partial charge on any atom is 0.133 e. The molecule has 0 aromatic heterocycles. The van der Waals surface area contributed by atoms with Crippen LogP contribution in [0.15, 0.2) is 36.4 Å². The van der Waals surface area contributed by atoms with E-state index < -0.39 is 6.10 Å². The molecule has 0 radical (unpaired) electrons. The van der Waals surface area contributed by atoms with Crippen molar-refractivity contribution in [3.05, 3.63) is 47.5 Å². The van der Waals surface area contributed by atoms with Crippen LogP contribution in [0.2, 0.25) is 0 Å². The summed E-state index contributed by atoms with van der Waals surface area (Å²) in [5, 5.41) is 10.5. The van der Waals surface area contributed by atoms with Crippen molar-refractivity contribution in [2.45, 2.75) is 18.6 Å². The van der Waals surface area contributed by atoms with E-state index in [1.165, 1.54) is 0 Å². The van der Waals surface area contributed by atoms with Crippen LogP contribution in [0.3, 0.4) is 0 Å². The van der Waals surface area contributed by atoms with Gasteiger partial charge >= 0.3 is 0 Å². The molecule has 23 heavy (non-hydrogen) atoms. The zero-order chi connectivity index (χ0) is 16.4. The standard InChI is InChI=1S/C18H20O5/c1-20-12-6-4-11(5-7-12)15-10-14(19)18-16(22-3)8-13(21-2)9-17(18)23-15/h4-9,14-15,19H,10H2,1-3H3/t14?,15-/m0/s1. The maximum atomic E-state index is 10.5. The fourth-order valence-corrected chi connectivity index (χ4v) is 2.83. The molecule has 0 fully saturated rings. The van der Waals surface area contributed by atoms with Crippen molar-refractivity contribution in [3.63, 3.8) is 0 Å². The molecular weight excluding hydrogens is 296 g/mol. The lowest BCUT2D eigenvalue weighted by molar-refractivity contribution is 0.0630. The molecule has 1 unspecified atom stereocenters. The van der Waals surface area contributed by atoms with Gasteiger partial charge in [-0.05, 0) is 17.7 Å². The molecule has 0 amide bonds. The van der Waals surface area contributed by atoms with E-state index in [0.717, 1.165) is 11.3 Å². The zero-order valence-electron chi connectivity index (χ0n) is 13.4. The Morgan fingerprint density at radius 1 is 0.957 bits per heavy atom. The lowest BCUT2D eigenvalue weighted by Gasteiger charge is -2.31. The SMILES string of the molecule is COc1ccc([C@@H]2CC(O)c3c(OC)cc(OC)cc3O2)cc1. The van der Waals surface area contributed by atoms with Crippen molar-refractivity contribution in [2.75, 3.05) is 21.3 Å². The first-order chi connectivity index (χ1) is 11.2. The molecular formula is C18H20O5. The number of rotatable bonds is 4. The number of benzene rings is 2. The summed E-state index contributed by atoms with van der Waals surface area (Å²) in [5.41, 5.74) is 1.65. The van der Waals surface area contributed by atoms with Crippen LogP contribution in [0.4, 0.5) is 0 Å². The Bertz CT molecular complexity index is 681. The largest absolute Gasteiger partial charge is 0.497 e. The minimum Gasteiger partial charge on any atom is -0.497 e. The van der Waals surface area contributed by atoms with Gasteiger partial charge in [-0.2, -0.15) is 0 Å². The van der Waals surface area contributed by atoms with Gasteiger partial charge in [0.25, 0.3) is 0 Å². The number of aliphatic hydroxyl groups excluding tert-OH is 1. The summed E-state index contributed by atoms with van der Waals surface area (Å²) in [7, 11) is 4.78. The lowest BCUT2D eigenvalue weighted by Crippen LogP contribution is -2.19. The molecule has 0 spiro atoms. The number of aliphatic hydroxyl groups is 1. The van der Waals surface area contributed by atoms with E-state index >= 15 is 0 Å². The van der Waals surface area contributed by atoms with Crippen LogP contribution in [-0.2, 0) is 0 Å². The predicted octanol–water partition coefficient (Wildman–Crippen LogP) is 3.27. The molecule has 2 aromatic carbocycles. The highest BCUT2D eigenvalue weighted by Crippen LogP contribution is 2.47. The highest BCUT2D eigenvalue weighted by Gasteiger charge is 2.31. The Kier molecular flexibility index (Phi) is 4.30. The Morgan fingerprint density at radius 2 is 1.65 bits per heavy atom. The van der Waals surface area contributed by atoms with E-state index in [0.29, 0.717) is 29.2 Å². The summed E-state index contributed by atoms with van der Waals surface area (Å²) < 4.78 is 21.9. The molecule has 5 heteroatoms. The Labute approximate surface area is 135 Å². The molecule has 3 rings (SSSR count). The highest BCUT2D eigenvalue weighted by atomic mass is 16.5. The average Bonchev–Trinajstić information content (AvgIpc) is 2.60. The van der Waals surface area contributed by atoms with Gasteiger partial charge in [-0.25, -0.2) is 0 Å². The first-order valence-corrected chi connectivity index (χ1v) is 7.41. The van der Waals surface area contributed by atoms with Crippen molar-refractivity contribution >= 4 is 0 Å². The smallest absolute Gasteiger partial charge is 0.133 e. The molecule has 122 valence electrons. The van der Waals surface area contributed by atoms with E-state index in [2.05, 4.69) is 0 Å². The molecule has 1 N–H and O–H groups in total. The number of methoxy groups -OCH3 is 3. The quantitative estimate of drug-likeness (QED) is 0.938. The number of hydrogen-bond donors (Lipinski definition) is 1. The monoisotopic (exact) mass is 316 g/mol. The number of hydrogen-bond acceptors (Lipinski definition) is 5. The van der Waals surface area contributed by atoms with Crippen molar-refractivity contribution in [1.82, 2.24) is 0 Å². The highest BCUT2D eigenvalue weighted by molar-refractivity contribution is 5.53. The van der Waals surface area contributed by atoms with Gasteiger partial charge in [-0.15, -0.1) is 0 Å². The molecule has 0 bridgehead atoms. The fraction of sp³-hybridized carbons (Fsp3) is 0.333. The minimum absolute atomic E-state index is 0.236.